The highest BCUT2D eigenvalue weighted by atomic mass is 19.4. The summed E-state index contributed by atoms with van der Waals surface area (Å²) in [5.74, 6) is -0.760. The van der Waals surface area contributed by atoms with Gasteiger partial charge in [0.1, 0.15) is 6.54 Å². The third-order valence-electron chi connectivity index (χ3n) is 2.96. The number of carbonyl (C=O) groups is 1. The predicted octanol–water partition coefficient (Wildman–Crippen LogP) is 1.19. The van der Waals surface area contributed by atoms with Crippen LogP contribution in [-0.2, 0) is 4.79 Å². The van der Waals surface area contributed by atoms with Gasteiger partial charge in [-0.1, -0.05) is 0 Å². The lowest BCUT2D eigenvalue weighted by atomic mass is 9.85. The molecule has 1 amide bonds. The van der Waals surface area contributed by atoms with E-state index < -0.39 is 35.8 Å². The summed E-state index contributed by atoms with van der Waals surface area (Å²) in [7, 11) is 0. The third kappa shape index (κ3) is 5.68. The molecule has 0 aliphatic rings. The maximum atomic E-state index is 11.9. The molecule has 1 atom stereocenters. The van der Waals surface area contributed by atoms with Crippen LogP contribution in [0.2, 0.25) is 0 Å². The van der Waals surface area contributed by atoms with E-state index in [4.69, 9.17) is 0 Å². The van der Waals surface area contributed by atoms with Crippen LogP contribution in [0, 0.1) is 0 Å². The summed E-state index contributed by atoms with van der Waals surface area (Å²) in [6, 6.07) is -0.839. The van der Waals surface area contributed by atoms with E-state index in [9.17, 15) is 23.1 Å². The average Bonchev–Trinajstić information content (AvgIpc) is 2.10. The second kappa shape index (κ2) is 5.44. The standard InChI is InChI=1S/C11H21F3N2O2/c1-7(8(17)15-6-11(12,13)14)16-9(2,3)10(4,5)18/h7,16,18H,6H2,1-5H3,(H,15,17). The topological polar surface area (TPSA) is 61.4 Å². The van der Waals surface area contributed by atoms with Gasteiger partial charge in [-0.25, -0.2) is 0 Å². The number of nitrogens with one attached hydrogen (secondary N) is 2. The summed E-state index contributed by atoms with van der Waals surface area (Å²) in [6.45, 7) is 6.53. The fourth-order valence-corrected chi connectivity index (χ4v) is 1.12. The van der Waals surface area contributed by atoms with Gasteiger partial charge in [-0.15, -0.1) is 0 Å². The van der Waals surface area contributed by atoms with E-state index >= 15 is 0 Å². The Bertz CT molecular complexity index is 296. The van der Waals surface area contributed by atoms with E-state index in [-0.39, 0.29) is 0 Å². The van der Waals surface area contributed by atoms with E-state index in [1.165, 1.54) is 6.92 Å². The number of alkyl halides is 3. The molecule has 0 aromatic carbocycles. The van der Waals surface area contributed by atoms with Crippen molar-refractivity contribution in [3.8, 4) is 0 Å². The van der Waals surface area contributed by atoms with Crippen LogP contribution in [0.15, 0.2) is 0 Å². The quantitative estimate of drug-likeness (QED) is 0.703. The maximum Gasteiger partial charge on any atom is 0.405 e. The van der Waals surface area contributed by atoms with Gasteiger partial charge in [0.05, 0.1) is 11.6 Å². The molecular weight excluding hydrogens is 249 g/mol. The van der Waals surface area contributed by atoms with Crippen LogP contribution >= 0.6 is 0 Å². The van der Waals surface area contributed by atoms with E-state index in [0.29, 0.717) is 0 Å². The molecule has 0 aromatic heterocycles. The van der Waals surface area contributed by atoms with Crippen molar-refractivity contribution in [3.05, 3.63) is 0 Å². The Morgan fingerprint density at radius 3 is 2.00 bits per heavy atom. The molecule has 0 bridgehead atoms. The minimum absolute atomic E-state index is 0.760. The summed E-state index contributed by atoms with van der Waals surface area (Å²) in [5.41, 5.74) is -1.94. The van der Waals surface area contributed by atoms with E-state index in [0.717, 1.165) is 0 Å². The number of carbonyl (C=O) groups excluding carboxylic acids is 1. The minimum atomic E-state index is -4.43. The Labute approximate surface area is 105 Å². The lowest BCUT2D eigenvalue weighted by Crippen LogP contribution is -2.61. The number of hydrogen-bond acceptors (Lipinski definition) is 3. The zero-order chi connectivity index (χ0) is 14.8. The Morgan fingerprint density at radius 2 is 1.67 bits per heavy atom. The highest BCUT2D eigenvalue weighted by molar-refractivity contribution is 5.81. The third-order valence-corrected chi connectivity index (χ3v) is 2.96. The van der Waals surface area contributed by atoms with E-state index in [2.05, 4.69) is 5.32 Å². The van der Waals surface area contributed by atoms with E-state index in [1.807, 2.05) is 0 Å². The molecular formula is C11H21F3N2O2. The van der Waals surface area contributed by atoms with Gasteiger partial charge in [-0.05, 0) is 34.6 Å². The normalized spacial score (nSPS) is 15.4. The van der Waals surface area contributed by atoms with Crippen molar-refractivity contribution in [2.45, 2.75) is 58.0 Å². The fourth-order valence-electron chi connectivity index (χ4n) is 1.12. The first-order valence-corrected chi connectivity index (χ1v) is 5.61. The highest BCUT2D eigenvalue weighted by Crippen LogP contribution is 2.21. The van der Waals surface area contributed by atoms with Crippen LogP contribution in [0.25, 0.3) is 0 Å². The van der Waals surface area contributed by atoms with Crippen LogP contribution in [0.5, 0.6) is 0 Å². The lowest BCUT2D eigenvalue weighted by molar-refractivity contribution is -0.140. The van der Waals surface area contributed by atoms with Crippen molar-refractivity contribution in [3.63, 3.8) is 0 Å². The first-order chi connectivity index (χ1) is 7.76. The van der Waals surface area contributed by atoms with E-state index in [1.54, 1.807) is 33.0 Å². The van der Waals surface area contributed by atoms with Crippen LogP contribution in [-0.4, -0.2) is 40.9 Å². The second-order valence-electron chi connectivity index (χ2n) is 5.38. The first kappa shape index (κ1) is 17.2. The van der Waals surface area contributed by atoms with Crippen molar-refractivity contribution in [1.29, 1.82) is 0 Å². The zero-order valence-corrected chi connectivity index (χ0v) is 11.3. The van der Waals surface area contributed by atoms with Crippen LogP contribution in [0.1, 0.15) is 34.6 Å². The molecule has 0 aliphatic carbocycles. The van der Waals surface area contributed by atoms with Crippen molar-refractivity contribution in [2.75, 3.05) is 6.54 Å². The number of rotatable bonds is 5. The largest absolute Gasteiger partial charge is 0.405 e. The molecule has 0 saturated heterocycles. The van der Waals surface area contributed by atoms with Gasteiger partial charge in [0.2, 0.25) is 5.91 Å². The number of aliphatic hydroxyl groups is 1. The SMILES string of the molecule is CC(NC(C)(C)C(C)(C)O)C(=O)NCC(F)(F)F. The Hall–Kier alpha value is -0.820. The fraction of sp³-hybridized carbons (Fsp3) is 0.909. The predicted molar refractivity (Wildman–Crippen MR) is 62.0 cm³/mol. The summed E-state index contributed by atoms with van der Waals surface area (Å²) >= 11 is 0. The van der Waals surface area contributed by atoms with Crippen LogP contribution < -0.4 is 10.6 Å². The first-order valence-electron chi connectivity index (χ1n) is 5.61. The summed E-state index contributed by atoms with van der Waals surface area (Å²) in [5, 5.41) is 14.5. The number of hydrogen-bond donors (Lipinski definition) is 3. The van der Waals surface area contributed by atoms with Crippen LogP contribution in [0.4, 0.5) is 13.2 Å². The zero-order valence-electron chi connectivity index (χ0n) is 11.3. The maximum absolute atomic E-state index is 11.9. The van der Waals surface area contributed by atoms with Gasteiger partial charge in [0.25, 0.3) is 0 Å². The van der Waals surface area contributed by atoms with Crippen molar-refractivity contribution in [1.82, 2.24) is 10.6 Å². The van der Waals surface area contributed by atoms with Crippen LogP contribution in [0.3, 0.4) is 0 Å². The summed E-state index contributed by atoms with van der Waals surface area (Å²) < 4.78 is 35.8. The highest BCUT2D eigenvalue weighted by Gasteiger charge is 2.37. The lowest BCUT2D eigenvalue weighted by Gasteiger charge is -2.40. The second-order valence-corrected chi connectivity index (χ2v) is 5.38. The molecule has 0 aliphatic heterocycles. The Balaban J connectivity index is 4.42. The summed E-state index contributed by atoms with van der Waals surface area (Å²) in [6.07, 6.45) is -4.43. The molecule has 1 unspecified atom stereocenters. The Kier molecular flexibility index (Phi) is 5.19. The number of amides is 1. The van der Waals surface area contributed by atoms with Gasteiger partial charge in [0, 0.05) is 5.54 Å². The number of halogens is 3. The molecule has 0 saturated carbocycles. The van der Waals surface area contributed by atoms with Gasteiger partial charge >= 0.3 is 6.18 Å². The van der Waals surface area contributed by atoms with Crippen molar-refractivity contribution < 1.29 is 23.1 Å². The average molecular weight is 270 g/mol. The summed E-state index contributed by atoms with van der Waals surface area (Å²) in [4.78, 5) is 11.4. The molecule has 108 valence electrons. The Morgan fingerprint density at radius 1 is 1.22 bits per heavy atom. The van der Waals surface area contributed by atoms with Crippen molar-refractivity contribution in [2.24, 2.45) is 0 Å². The molecule has 0 aromatic rings. The molecule has 7 heteroatoms. The molecule has 0 spiro atoms. The molecule has 0 radical (unpaired) electrons. The molecule has 0 fully saturated rings. The van der Waals surface area contributed by atoms with Gasteiger partial charge in [0.15, 0.2) is 0 Å². The molecule has 3 N–H and O–H groups in total. The van der Waals surface area contributed by atoms with Gasteiger partial charge in [-0.3, -0.25) is 10.1 Å². The molecule has 0 heterocycles. The molecule has 18 heavy (non-hydrogen) atoms. The smallest absolute Gasteiger partial charge is 0.389 e. The van der Waals surface area contributed by atoms with Gasteiger partial charge < -0.3 is 10.4 Å². The monoisotopic (exact) mass is 270 g/mol. The van der Waals surface area contributed by atoms with Crippen molar-refractivity contribution >= 4 is 5.91 Å². The minimum Gasteiger partial charge on any atom is -0.389 e. The molecule has 0 rings (SSSR count). The molecule has 4 nitrogen and oxygen atoms in total. The van der Waals surface area contributed by atoms with Gasteiger partial charge in [-0.2, -0.15) is 13.2 Å².